The summed E-state index contributed by atoms with van der Waals surface area (Å²) in [5.74, 6) is 2.32. The SMILES string of the molecule is CCCCOc1cc(OCCCC)c(OCCCC)c(C(=O)C=Cc2cc(CC)ccc2OCCCC)c1. The van der Waals surface area contributed by atoms with Crippen LogP contribution in [0.4, 0.5) is 0 Å². The molecule has 2 aromatic carbocycles. The van der Waals surface area contributed by atoms with Gasteiger partial charge >= 0.3 is 0 Å². The van der Waals surface area contributed by atoms with Gasteiger partial charge in [-0.05, 0) is 68.0 Å². The molecule has 0 aromatic heterocycles. The monoisotopic (exact) mass is 524 g/mol. The molecule has 2 rings (SSSR count). The third-order valence-corrected chi connectivity index (χ3v) is 6.21. The van der Waals surface area contributed by atoms with Crippen LogP contribution in [0, 0.1) is 0 Å². The topological polar surface area (TPSA) is 54.0 Å². The smallest absolute Gasteiger partial charge is 0.189 e. The molecule has 0 saturated heterocycles. The average molecular weight is 525 g/mol. The van der Waals surface area contributed by atoms with E-state index in [2.05, 4.69) is 46.8 Å². The zero-order valence-electron chi connectivity index (χ0n) is 24.3. The highest BCUT2D eigenvalue weighted by molar-refractivity contribution is 6.09. The van der Waals surface area contributed by atoms with Crippen LogP contribution in [0.5, 0.6) is 23.0 Å². The molecule has 5 heteroatoms. The van der Waals surface area contributed by atoms with Crippen LogP contribution in [0.1, 0.15) is 107 Å². The van der Waals surface area contributed by atoms with Crippen LogP contribution < -0.4 is 18.9 Å². The Morgan fingerprint density at radius 3 is 1.87 bits per heavy atom. The van der Waals surface area contributed by atoms with Gasteiger partial charge in [0, 0.05) is 11.6 Å². The average Bonchev–Trinajstić information content (AvgIpc) is 2.93. The number of unbranched alkanes of at least 4 members (excludes halogenated alkanes) is 4. The Hall–Kier alpha value is -2.95. The number of allylic oxidation sites excluding steroid dienone is 1. The quantitative estimate of drug-likeness (QED) is 0.0983. The molecule has 0 atom stereocenters. The Morgan fingerprint density at radius 2 is 1.26 bits per heavy atom. The number of carbonyl (C=O) groups excluding carboxylic acids is 1. The van der Waals surface area contributed by atoms with Gasteiger partial charge in [0.25, 0.3) is 0 Å². The van der Waals surface area contributed by atoms with Crippen LogP contribution in [-0.2, 0) is 6.42 Å². The second kappa shape index (κ2) is 18.3. The maximum absolute atomic E-state index is 13.6. The molecule has 5 nitrogen and oxygen atoms in total. The number of benzene rings is 2. The number of rotatable bonds is 20. The number of aryl methyl sites for hydroxylation is 1. The van der Waals surface area contributed by atoms with Crippen LogP contribution in [0.15, 0.2) is 36.4 Å². The second-order valence-electron chi connectivity index (χ2n) is 9.53. The molecule has 210 valence electrons. The maximum atomic E-state index is 13.6. The van der Waals surface area contributed by atoms with E-state index in [0.29, 0.717) is 49.2 Å². The fraction of sp³-hybridized carbons (Fsp3) is 0.545. The fourth-order valence-corrected chi connectivity index (χ4v) is 3.74. The zero-order chi connectivity index (χ0) is 27.6. The summed E-state index contributed by atoms with van der Waals surface area (Å²) in [6, 6.07) is 9.82. The van der Waals surface area contributed by atoms with Crippen molar-refractivity contribution in [1.82, 2.24) is 0 Å². The summed E-state index contributed by atoms with van der Waals surface area (Å²) in [5, 5.41) is 0. The molecule has 0 bridgehead atoms. The normalized spacial score (nSPS) is 11.1. The van der Waals surface area contributed by atoms with Crippen LogP contribution >= 0.6 is 0 Å². The molecule has 0 aliphatic rings. The third kappa shape index (κ3) is 10.4. The van der Waals surface area contributed by atoms with Crippen molar-refractivity contribution in [3.05, 3.63) is 53.1 Å². The van der Waals surface area contributed by atoms with Gasteiger partial charge in [-0.2, -0.15) is 0 Å². The standard InChI is InChI=1S/C33H48O5/c1-6-11-19-35-28-24-29(33(38-22-14-9-4)32(25-28)37-21-13-8-3)30(34)17-16-27-23-26(10-5)15-18-31(27)36-20-12-7-2/h15-18,23-25H,6-14,19-22H2,1-5H3. The lowest BCUT2D eigenvalue weighted by molar-refractivity contribution is 0.104. The molecule has 0 unspecified atom stereocenters. The zero-order valence-corrected chi connectivity index (χ0v) is 24.3. The first-order chi connectivity index (χ1) is 18.6. The van der Waals surface area contributed by atoms with E-state index in [1.807, 2.05) is 18.2 Å². The molecule has 0 amide bonds. The molecule has 0 heterocycles. The van der Waals surface area contributed by atoms with E-state index >= 15 is 0 Å². The summed E-state index contributed by atoms with van der Waals surface area (Å²) >= 11 is 0. The van der Waals surface area contributed by atoms with E-state index in [-0.39, 0.29) is 5.78 Å². The van der Waals surface area contributed by atoms with E-state index in [9.17, 15) is 4.79 Å². The van der Waals surface area contributed by atoms with Gasteiger partial charge in [-0.25, -0.2) is 0 Å². The summed E-state index contributed by atoms with van der Waals surface area (Å²) in [7, 11) is 0. The Kier molecular flexibility index (Phi) is 15.1. The number of ether oxygens (including phenoxy) is 4. The molecule has 0 N–H and O–H groups in total. The highest BCUT2D eigenvalue weighted by atomic mass is 16.5. The second-order valence-corrected chi connectivity index (χ2v) is 9.53. The van der Waals surface area contributed by atoms with Crippen molar-refractivity contribution in [1.29, 1.82) is 0 Å². The predicted molar refractivity (Wildman–Crippen MR) is 157 cm³/mol. The number of hydrogen-bond donors (Lipinski definition) is 0. The van der Waals surface area contributed by atoms with Crippen molar-refractivity contribution in [3.8, 4) is 23.0 Å². The fourth-order valence-electron chi connectivity index (χ4n) is 3.74. The van der Waals surface area contributed by atoms with Gasteiger partial charge in [0.1, 0.15) is 11.5 Å². The third-order valence-electron chi connectivity index (χ3n) is 6.21. The Labute approximate surface area is 230 Å². The summed E-state index contributed by atoms with van der Waals surface area (Å²) < 4.78 is 24.3. The largest absolute Gasteiger partial charge is 0.493 e. The molecule has 0 saturated carbocycles. The van der Waals surface area contributed by atoms with E-state index in [1.165, 1.54) is 5.56 Å². The number of ketones is 1. The van der Waals surface area contributed by atoms with Crippen molar-refractivity contribution < 1.29 is 23.7 Å². The maximum Gasteiger partial charge on any atom is 0.189 e. The van der Waals surface area contributed by atoms with Crippen molar-refractivity contribution >= 4 is 11.9 Å². The molecule has 2 aromatic rings. The van der Waals surface area contributed by atoms with E-state index < -0.39 is 0 Å². The number of hydrogen-bond acceptors (Lipinski definition) is 5. The molecule has 0 fully saturated rings. The highest BCUT2D eigenvalue weighted by Gasteiger charge is 2.19. The minimum atomic E-state index is -0.154. The van der Waals surface area contributed by atoms with Gasteiger partial charge in [-0.1, -0.05) is 66.4 Å². The Morgan fingerprint density at radius 1 is 0.684 bits per heavy atom. The molecule has 0 aliphatic carbocycles. The predicted octanol–water partition coefficient (Wildman–Crippen LogP) is 8.86. The summed E-state index contributed by atoms with van der Waals surface area (Å²) in [6.45, 7) is 13.0. The first-order valence-electron chi connectivity index (χ1n) is 14.6. The Bertz CT molecular complexity index is 995. The minimum absolute atomic E-state index is 0.154. The first kappa shape index (κ1) is 31.3. The molecular formula is C33H48O5. The molecule has 0 spiro atoms. The molecular weight excluding hydrogens is 476 g/mol. The van der Waals surface area contributed by atoms with Crippen LogP contribution in [0.25, 0.3) is 6.08 Å². The van der Waals surface area contributed by atoms with Gasteiger partial charge in [0.15, 0.2) is 17.3 Å². The van der Waals surface area contributed by atoms with Gasteiger partial charge in [0.2, 0.25) is 0 Å². The van der Waals surface area contributed by atoms with Crippen molar-refractivity contribution in [2.75, 3.05) is 26.4 Å². The summed E-state index contributed by atoms with van der Waals surface area (Å²) in [5.41, 5.74) is 2.55. The van der Waals surface area contributed by atoms with Gasteiger partial charge < -0.3 is 18.9 Å². The van der Waals surface area contributed by atoms with Gasteiger partial charge in [0.05, 0.1) is 32.0 Å². The highest BCUT2D eigenvalue weighted by Crippen LogP contribution is 2.37. The van der Waals surface area contributed by atoms with E-state index in [4.69, 9.17) is 18.9 Å². The van der Waals surface area contributed by atoms with Gasteiger partial charge in [-0.15, -0.1) is 0 Å². The van der Waals surface area contributed by atoms with Gasteiger partial charge in [-0.3, -0.25) is 4.79 Å². The lowest BCUT2D eigenvalue weighted by Gasteiger charge is -2.18. The van der Waals surface area contributed by atoms with E-state index in [1.54, 1.807) is 12.1 Å². The molecule has 38 heavy (non-hydrogen) atoms. The first-order valence-corrected chi connectivity index (χ1v) is 14.6. The van der Waals surface area contributed by atoms with Crippen LogP contribution in [0.3, 0.4) is 0 Å². The number of carbonyl (C=O) groups is 1. The lowest BCUT2D eigenvalue weighted by Crippen LogP contribution is -2.08. The Balaban J connectivity index is 2.45. The van der Waals surface area contributed by atoms with Crippen molar-refractivity contribution in [2.24, 2.45) is 0 Å². The van der Waals surface area contributed by atoms with Crippen molar-refractivity contribution in [2.45, 2.75) is 92.4 Å². The van der Waals surface area contributed by atoms with E-state index in [0.717, 1.165) is 69.1 Å². The summed E-state index contributed by atoms with van der Waals surface area (Å²) in [6.07, 6.45) is 12.2. The minimum Gasteiger partial charge on any atom is -0.493 e. The molecule has 0 radical (unpaired) electrons. The molecule has 0 aliphatic heterocycles. The lowest BCUT2D eigenvalue weighted by atomic mass is 10.0. The van der Waals surface area contributed by atoms with Crippen LogP contribution in [0.2, 0.25) is 0 Å². The van der Waals surface area contributed by atoms with Crippen molar-refractivity contribution in [3.63, 3.8) is 0 Å². The summed E-state index contributed by atoms with van der Waals surface area (Å²) in [4.78, 5) is 13.6. The van der Waals surface area contributed by atoms with Crippen LogP contribution in [-0.4, -0.2) is 32.2 Å².